The van der Waals surface area contributed by atoms with E-state index in [0.29, 0.717) is 5.02 Å². The molecule has 0 fully saturated rings. The largest absolute Gasteiger partial charge is 0.497 e. The fourth-order valence-electron chi connectivity index (χ4n) is 3.49. The van der Waals surface area contributed by atoms with Crippen molar-refractivity contribution in [3.05, 3.63) is 95.0 Å². The first-order valence-corrected chi connectivity index (χ1v) is 10.1. The number of benzene rings is 3. The third-order valence-electron chi connectivity index (χ3n) is 5.12. The minimum Gasteiger partial charge on any atom is -0.497 e. The van der Waals surface area contributed by atoms with Gasteiger partial charge in [-0.2, -0.15) is 5.10 Å². The molecule has 152 valence electrons. The van der Waals surface area contributed by atoms with Crippen LogP contribution in [0.15, 0.2) is 84.0 Å². The van der Waals surface area contributed by atoms with Gasteiger partial charge in [0.05, 0.1) is 36.7 Å². The number of anilines is 1. The molecule has 0 radical (unpaired) electrons. The number of hydrogen-bond acceptors (Lipinski definition) is 4. The molecule has 0 aromatic heterocycles. The van der Waals surface area contributed by atoms with Gasteiger partial charge in [0.2, 0.25) is 0 Å². The van der Waals surface area contributed by atoms with Crippen molar-refractivity contribution in [2.75, 3.05) is 19.2 Å². The summed E-state index contributed by atoms with van der Waals surface area (Å²) in [6.45, 7) is 0. The van der Waals surface area contributed by atoms with E-state index in [-0.39, 0.29) is 6.04 Å². The molecule has 1 aliphatic heterocycles. The first-order valence-electron chi connectivity index (χ1n) is 9.75. The minimum atomic E-state index is 0.0614. The van der Waals surface area contributed by atoms with E-state index in [1.165, 1.54) is 0 Å². The number of methoxy groups -OCH3 is 2. The van der Waals surface area contributed by atoms with Crippen LogP contribution in [0.25, 0.3) is 6.08 Å². The van der Waals surface area contributed by atoms with Gasteiger partial charge in [0, 0.05) is 6.42 Å². The van der Waals surface area contributed by atoms with Crippen molar-refractivity contribution in [1.82, 2.24) is 0 Å². The normalized spacial score (nSPS) is 16.0. The van der Waals surface area contributed by atoms with Gasteiger partial charge in [-0.25, -0.2) is 0 Å². The molecule has 3 aromatic carbocycles. The van der Waals surface area contributed by atoms with Crippen molar-refractivity contribution in [2.24, 2.45) is 5.10 Å². The maximum atomic E-state index is 6.49. The van der Waals surface area contributed by atoms with Crippen LogP contribution >= 0.6 is 11.6 Å². The monoisotopic (exact) mass is 418 g/mol. The molecule has 0 amide bonds. The Morgan fingerprint density at radius 1 is 0.867 bits per heavy atom. The maximum Gasteiger partial charge on any atom is 0.118 e. The lowest BCUT2D eigenvalue weighted by atomic mass is 10.0. The molecule has 0 spiro atoms. The molecule has 0 aliphatic carbocycles. The van der Waals surface area contributed by atoms with Crippen molar-refractivity contribution < 1.29 is 9.47 Å². The predicted octanol–water partition coefficient (Wildman–Crippen LogP) is 6.38. The summed E-state index contributed by atoms with van der Waals surface area (Å²) in [5.41, 5.74) is 4.14. The van der Waals surface area contributed by atoms with Gasteiger partial charge in [0.15, 0.2) is 0 Å². The molecule has 3 aromatic rings. The zero-order valence-electron chi connectivity index (χ0n) is 17.0. The number of ether oxygens (including phenoxy) is 2. The van der Waals surface area contributed by atoms with E-state index in [2.05, 4.69) is 24.3 Å². The standard InChI is InChI=1S/C25H23ClN2O2/c1-29-21-13-8-18(9-14-21)7-12-20-17-25(19-10-15-22(30-2)16-11-19)28(27-20)24-6-4-3-5-23(24)26/h3-16,25H,17H2,1-2H3/b12-7+/t25-/m1/s1. The van der Waals surface area contributed by atoms with Crippen LogP contribution in [0.5, 0.6) is 11.5 Å². The molecular formula is C25H23ClN2O2. The topological polar surface area (TPSA) is 34.1 Å². The summed E-state index contributed by atoms with van der Waals surface area (Å²) in [6.07, 6.45) is 4.92. The first kappa shape index (κ1) is 20.0. The number of nitrogens with zero attached hydrogens (tertiary/aromatic N) is 2. The fraction of sp³-hybridized carbons (Fsp3) is 0.160. The smallest absolute Gasteiger partial charge is 0.118 e. The zero-order chi connectivity index (χ0) is 20.9. The summed E-state index contributed by atoms with van der Waals surface area (Å²) < 4.78 is 10.5. The molecule has 1 atom stereocenters. The van der Waals surface area contributed by atoms with Gasteiger partial charge in [-0.05, 0) is 53.6 Å². The van der Waals surface area contributed by atoms with Gasteiger partial charge in [-0.1, -0.05) is 54.1 Å². The Kier molecular flexibility index (Phi) is 6.05. The van der Waals surface area contributed by atoms with E-state index in [1.807, 2.05) is 65.7 Å². The average molecular weight is 419 g/mol. The SMILES string of the molecule is COc1ccc(/C=C/C2=NN(c3ccccc3Cl)[C@@H](c3ccc(OC)cc3)C2)cc1. The van der Waals surface area contributed by atoms with E-state index in [9.17, 15) is 0 Å². The number of halogens is 1. The van der Waals surface area contributed by atoms with Crippen LogP contribution in [0.4, 0.5) is 5.69 Å². The third-order valence-corrected chi connectivity index (χ3v) is 5.44. The Bertz CT molecular complexity index is 1060. The number of hydrogen-bond donors (Lipinski definition) is 0. The van der Waals surface area contributed by atoms with Gasteiger partial charge in [-0.3, -0.25) is 5.01 Å². The van der Waals surface area contributed by atoms with E-state index in [1.54, 1.807) is 14.2 Å². The van der Waals surface area contributed by atoms with Gasteiger partial charge in [-0.15, -0.1) is 0 Å². The molecule has 5 heteroatoms. The second kappa shape index (κ2) is 9.06. The molecule has 0 saturated heterocycles. The highest BCUT2D eigenvalue weighted by atomic mass is 35.5. The minimum absolute atomic E-state index is 0.0614. The molecule has 0 saturated carbocycles. The van der Waals surface area contributed by atoms with Gasteiger partial charge < -0.3 is 9.47 Å². The molecule has 0 unspecified atom stereocenters. The number of rotatable bonds is 6. The average Bonchev–Trinajstić information content (AvgIpc) is 3.22. The van der Waals surface area contributed by atoms with Crippen LogP contribution < -0.4 is 14.5 Å². The first-order chi connectivity index (χ1) is 14.7. The van der Waals surface area contributed by atoms with Gasteiger partial charge >= 0.3 is 0 Å². The van der Waals surface area contributed by atoms with E-state index in [0.717, 1.165) is 40.4 Å². The van der Waals surface area contributed by atoms with Gasteiger partial charge in [0.25, 0.3) is 0 Å². The Morgan fingerprint density at radius 3 is 2.13 bits per heavy atom. The summed E-state index contributed by atoms with van der Waals surface area (Å²) in [6, 6.07) is 23.9. The number of allylic oxidation sites excluding steroid dienone is 1. The Hall–Kier alpha value is -3.24. The van der Waals surface area contributed by atoms with Crippen molar-refractivity contribution >= 4 is 29.1 Å². The van der Waals surface area contributed by atoms with E-state index in [4.69, 9.17) is 26.2 Å². The van der Waals surface area contributed by atoms with Crippen LogP contribution in [0.1, 0.15) is 23.6 Å². The molecular weight excluding hydrogens is 396 g/mol. The quantitative estimate of drug-likeness (QED) is 0.466. The lowest BCUT2D eigenvalue weighted by Gasteiger charge is -2.25. The zero-order valence-corrected chi connectivity index (χ0v) is 17.7. The Morgan fingerprint density at radius 2 is 1.50 bits per heavy atom. The molecule has 30 heavy (non-hydrogen) atoms. The fourth-order valence-corrected chi connectivity index (χ4v) is 3.71. The van der Waals surface area contributed by atoms with Gasteiger partial charge in [0.1, 0.15) is 11.5 Å². The Labute approximate surface area is 182 Å². The lowest BCUT2D eigenvalue weighted by Crippen LogP contribution is -2.18. The maximum absolute atomic E-state index is 6.49. The number of hydrazone groups is 1. The molecule has 1 aliphatic rings. The summed E-state index contributed by atoms with van der Waals surface area (Å²) in [5, 5.41) is 7.58. The second-order valence-electron chi connectivity index (χ2n) is 6.99. The van der Waals surface area contributed by atoms with Crippen LogP contribution in [0.2, 0.25) is 5.02 Å². The molecule has 4 nitrogen and oxygen atoms in total. The van der Waals surface area contributed by atoms with Crippen LogP contribution in [0.3, 0.4) is 0 Å². The second-order valence-corrected chi connectivity index (χ2v) is 7.39. The van der Waals surface area contributed by atoms with E-state index >= 15 is 0 Å². The lowest BCUT2D eigenvalue weighted by molar-refractivity contribution is 0.414. The highest BCUT2D eigenvalue weighted by Crippen LogP contribution is 2.39. The molecule has 1 heterocycles. The van der Waals surface area contributed by atoms with Crippen LogP contribution in [-0.2, 0) is 0 Å². The molecule has 0 bridgehead atoms. The highest BCUT2D eigenvalue weighted by molar-refractivity contribution is 6.33. The molecule has 4 rings (SSSR count). The summed E-state index contributed by atoms with van der Waals surface area (Å²) >= 11 is 6.49. The summed E-state index contributed by atoms with van der Waals surface area (Å²) in [5.74, 6) is 1.68. The Balaban J connectivity index is 1.63. The van der Waals surface area contributed by atoms with Crippen LogP contribution in [0, 0.1) is 0 Å². The summed E-state index contributed by atoms with van der Waals surface area (Å²) in [4.78, 5) is 0. The van der Waals surface area contributed by atoms with Crippen molar-refractivity contribution in [3.63, 3.8) is 0 Å². The third kappa shape index (κ3) is 4.34. The van der Waals surface area contributed by atoms with Crippen LogP contribution in [-0.4, -0.2) is 19.9 Å². The predicted molar refractivity (Wildman–Crippen MR) is 124 cm³/mol. The van der Waals surface area contributed by atoms with Crippen molar-refractivity contribution in [2.45, 2.75) is 12.5 Å². The number of para-hydroxylation sites is 1. The molecule has 0 N–H and O–H groups in total. The van der Waals surface area contributed by atoms with Crippen molar-refractivity contribution in [1.29, 1.82) is 0 Å². The highest BCUT2D eigenvalue weighted by Gasteiger charge is 2.29. The summed E-state index contributed by atoms with van der Waals surface area (Å²) in [7, 11) is 3.34. The van der Waals surface area contributed by atoms with E-state index < -0.39 is 0 Å². The van der Waals surface area contributed by atoms with Crippen molar-refractivity contribution in [3.8, 4) is 11.5 Å².